The molecule has 0 saturated heterocycles. The van der Waals surface area contributed by atoms with E-state index in [4.69, 9.17) is 0 Å². The first-order chi connectivity index (χ1) is 9.90. The van der Waals surface area contributed by atoms with Crippen LogP contribution < -0.4 is 4.72 Å². The van der Waals surface area contributed by atoms with Gasteiger partial charge < -0.3 is 0 Å². The summed E-state index contributed by atoms with van der Waals surface area (Å²) in [7, 11) is -3.63. The smallest absolute Gasteiger partial charge is 0.241 e. The van der Waals surface area contributed by atoms with E-state index in [1.54, 1.807) is 31.5 Å². The monoisotopic (exact) mass is 304 g/mol. The van der Waals surface area contributed by atoms with E-state index in [9.17, 15) is 13.2 Å². The molecule has 0 aliphatic rings. The van der Waals surface area contributed by atoms with Crippen molar-refractivity contribution in [1.82, 2.24) is 9.71 Å². The molecule has 1 aromatic carbocycles. The number of Topliss-reactive ketones (excluding diaryl/α,β-unsaturated/α-hetero) is 1. The van der Waals surface area contributed by atoms with Crippen LogP contribution in [0.4, 0.5) is 0 Å². The summed E-state index contributed by atoms with van der Waals surface area (Å²) in [4.78, 5) is 15.2. The number of benzene rings is 1. The fraction of sp³-hybridized carbons (Fsp3) is 0.200. The number of carbonyl (C=O) groups excluding carboxylic acids is 1. The third kappa shape index (κ3) is 3.74. The van der Waals surface area contributed by atoms with Crippen molar-refractivity contribution in [2.75, 3.05) is 0 Å². The molecule has 0 bridgehead atoms. The first-order valence-electron chi connectivity index (χ1n) is 6.43. The van der Waals surface area contributed by atoms with E-state index in [1.165, 1.54) is 31.2 Å². The molecule has 1 aromatic heterocycles. The number of pyridine rings is 1. The average Bonchev–Trinajstić information content (AvgIpc) is 2.48. The van der Waals surface area contributed by atoms with Crippen molar-refractivity contribution in [3.05, 3.63) is 59.9 Å². The number of rotatable bonds is 5. The van der Waals surface area contributed by atoms with Crippen molar-refractivity contribution in [3.8, 4) is 0 Å². The lowest BCUT2D eigenvalue weighted by atomic mass is 10.1. The van der Waals surface area contributed by atoms with Crippen LogP contribution in [0.3, 0.4) is 0 Å². The lowest BCUT2D eigenvalue weighted by Gasteiger charge is -2.14. The summed E-state index contributed by atoms with van der Waals surface area (Å²) in [6.45, 7) is 3.20. The molecule has 6 heteroatoms. The number of nitrogens with one attached hydrogen (secondary N) is 1. The Kier molecular flexibility index (Phi) is 4.50. The van der Waals surface area contributed by atoms with Gasteiger partial charge in [-0.25, -0.2) is 13.1 Å². The minimum absolute atomic E-state index is 0.0999. The number of hydrogen-bond acceptors (Lipinski definition) is 4. The van der Waals surface area contributed by atoms with Crippen LogP contribution in [0.15, 0.2) is 53.7 Å². The molecule has 0 saturated carbocycles. The lowest BCUT2D eigenvalue weighted by molar-refractivity contribution is 0.101. The summed E-state index contributed by atoms with van der Waals surface area (Å²) in [5.74, 6) is -0.0999. The van der Waals surface area contributed by atoms with Crippen LogP contribution in [0.1, 0.15) is 35.8 Å². The molecule has 0 unspecified atom stereocenters. The maximum Gasteiger partial charge on any atom is 0.241 e. The highest BCUT2D eigenvalue weighted by Crippen LogP contribution is 2.17. The van der Waals surface area contributed by atoms with Crippen LogP contribution in [0.5, 0.6) is 0 Å². The second-order valence-corrected chi connectivity index (χ2v) is 6.42. The van der Waals surface area contributed by atoms with Gasteiger partial charge in [-0.05, 0) is 43.7 Å². The minimum Gasteiger partial charge on any atom is -0.295 e. The maximum absolute atomic E-state index is 12.3. The van der Waals surface area contributed by atoms with E-state index in [0.29, 0.717) is 5.56 Å². The summed E-state index contributed by atoms with van der Waals surface area (Å²) in [6.07, 6.45) is 3.23. The fourth-order valence-corrected chi connectivity index (χ4v) is 3.12. The third-order valence-electron chi connectivity index (χ3n) is 3.11. The number of nitrogens with zero attached hydrogens (tertiary/aromatic N) is 1. The topological polar surface area (TPSA) is 76.1 Å². The molecule has 0 aliphatic heterocycles. The Morgan fingerprint density at radius 2 is 1.67 bits per heavy atom. The molecule has 0 aliphatic carbocycles. The summed E-state index contributed by atoms with van der Waals surface area (Å²) in [5.41, 5.74) is 1.31. The Balaban J connectivity index is 2.20. The Morgan fingerprint density at radius 3 is 2.19 bits per heavy atom. The third-order valence-corrected chi connectivity index (χ3v) is 4.67. The van der Waals surface area contributed by atoms with E-state index in [1.807, 2.05) is 0 Å². The molecule has 0 spiro atoms. The summed E-state index contributed by atoms with van der Waals surface area (Å²) in [6, 6.07) is 9.02. The standard InChI is InChI=1S/C15H16N2O3S/c1-11(13-7-9-16-10-8-13)17-21(19,20)15-5-3-14(4-6-15)12(2)18/h3-11,17H,1-2H3/t11-/m1/s1. The van der Waals surface area contributed by atoms with Gasteiger partial charge in [-0.1, -0.05) is 12.1 Å². The van der Waals surface area contributed by atoms with Gasteiger partial charge in [0.2, 0.25) is 10.0 Å². The van der Waals surface area contributed by atoms with Gasteiger partial charge in [-0.2, -0.15) is 0 Å². The van der Waals surface area contributed by atoms with E-state index in [2.05, 4.69) is 9.71 Å². The second kappa shape index (κ2) is 6.15. The molecule has 21 heavy (non-hydrogen) atoms. The predicted molar refractivity (Wildman–Crippen MR) is 79.4 cm³/mol. The van der Waals surface area contributed by atoms with Crippen LogP contribution >= 0.6 is 0 Å². The second-order valence-electron chi connectivity index (χ2n) is 4.70. The van der Waals surface area contributed by atoms with Gasteiger partial charge >= 0.3 is 0 Å². The van der Waals surface area contributed by atoms with Crippen molar-refractivity contribution in [2.45, 2.75) is 24.8 Å². The number of ketones is 1. The van der Waals surface area contributed by atoms with Crippen molar-refractivity contribution in [2.24, 2.45) is 0 Å². The molecular formula is C15H16N2O3S. The minimum atomic E-state index is -3.63. The van der Waals surface area contributed by atoms with Gasteiger partial charge in [0.15, 0.2) is 5.78 Å². The predicted octanol–water partition coefficient (Wildman–Crippen LogP) is 2.32. The normalized spacial score (nSPS) is 12.9. The Hall–Kier alpha value is -2.05. The Bertz CT molecular complexity index is 725. The van der Waals surface area contributed by atoms with Gasteiger partial charge in [0.1, 0.15) is 0 Å². The van der Waals surface area contributed by atoms with E-state index < -0.39 is 10.0 Å². The lowest BCUT2D eigenvalue weighted by Crippen LogP contribution is -2.26. The molecule has 2 rings (SSSR count). The molecule has 2 aromatic rings. The number of sulfonamides is 1. The van der Waals surface area contributed by atoms with Gasteiger partial charge in [0, 0.05) is 24.0 Å². The molecule has 110 valence electrons. The number of aromatic nitrogens is 1. The maximum atomic E-state index is 12.3. The Labute approximate surface area is 124 Å². The van der Waals surface area contributed by atoms with Crippen LogP contribution in [-0.4, -0.2) is 19.2 Å². The quantitative estimate of drug-likeness (QED) is 0.860. The Morgan fingerprint density at radius 1 is 1.10 bits per heavy atom. The highest BCUT2D eigenvalue weighted by molar-refractivity contribution is 7.89. The van der Waals surface area contributed by atoms with Crippen molar-refractivity contribution in [3.63, 3.8) is 0 Å². The zero-order chi connectivity index (χ0) is 15.5. The highest BCUT2D eigenvalue weighted by Gasteiger charge is 2.18. The van der Waals surface area contributed by atoms with Crippen LogP contribution in [0.2, 0.25) is 0 Å². The SMILES string of the molecule is CC(=O)c1ccc(S(=O)(=O)N[C@H](C)c2ccncc2)cc1. The first-order valence-corrected chi connectivity index (χ1v) is 7.92. The van der Waals surface area contributed by atoms with Crippen LogP contribution in [0.25, 0.3) is 0 Å². The average molecular weight is 304 g/mol. The van der Waals surface area contributed by atoms with Crippen molar-refractivity contribution in [1.29, 1.82) is 0 Å². The van der Waals surface area contributed by atoms with Crippen LogP contribution in [-0.2, 0) is 10.0 Å². The van der Waals surface area contributed by atoms with Crippen LogP contribution in [0, 0.1) is 0 Å². The molecule has 1 heterocycles. The molecule has 0 radical (unpaired) electrons. The number of hydrogen-bond donors (Lipinski definition) is 1. The summed E-state index contributed by atoms with van der Waals surface area (Å²) in [5, 5.41) is 0. The molecular weight excluding hydrogens is 288 g/mol. The summed E-state index contributed by atoms with van der Waals surface area (Å²) >= 11 is 0. The molecule has 1 atom stereocenters. The molecule has 0 amide bonds. The van der Waals surface area contributed by atoms with Gasteiger partial charge in [-0.15, -0.1) is 0 Å². The van der Waals surface area contributed by atoms with Gasteiger partial charge in [0.25, 0.3) is 0 Å². The van der Waals surface area contributed by atoms with Crippen molar-refractivity contribution >= 4 is 15.8 Å². The molecule has 0 fully saturated rings. The van der Waals surface area contributed by atoms with Gasteiger partial charge in [0.05, 0.1) is 4.90 Å². The molecule has 5 nitrogen and oxygen atoms in total. The van der Waals surface area contributed by atoms with Gasteiger partial charge in [-0.3, -0.25) is 9.78 Å². The highest BCUT2D eigenvalue weighted by atomic mass is 32.2. The van der Waals surface area contributed by atoms with E-state index in [-0.39, 0.29) is 16.7 Å². The first kappa shape index (κ1) is 15.3. The zero-order valence-electron chi connectivity index (χ0n) is 11.8. The van der Waals surface area contributed by atoms with Crippen molar-refractivity contribution < 1.29 is 13.2 Å². The van der Waals surface area contributed by atoms with E-state index in [0.717, 1.165) is 5.56 Å². The molecule has 1 N–H and O–H groups in total. The largest absolute Gasteiger partial charge is 0.295 e. The van der Waals surface area contributed by atoms with E-state index >= 15 is 0 Å². The zero-order valence-corrected chi connectivity index (χ0v) is 12.6. The fourth-order valence-electron chi connectivity index (χ4n) is 1.89. The number of carbonyl (C=O) groups is 1. The summed E-state index contributed by atoms with van der Waals surface area (Å²) < 4.78 is 27.2.